The summed E-state index contributed by atoms with van der Waals surface area (Å²) in [5.41, 5.74) is 8.75. The first-order chi connectivity index (χ1) is 14.9. The van der Waals surface area contributed by atoms with Crippen molar-refractivity contribution in [2.24, 2.45) is 0 Å². The molecule has 1 aliphatic heterocycles. The van der Waals surface area contributed by atoms with E-state index in [-0.39, 0.29) is 0 Å². The molecule has 0 saturated heterocycles. The largest absolute Gasteiger partial charge is 0.336 e. The lowest BCUT2D eigenvalue weighted by Gasteiger charge is -2.13. The topological polar surface area (TPSA) is 95.2 Å². The van der Waals surface area contributed by atoms with Gasteiger partial charge in [0.05, 0.1) is 22.2 Å². The predicted octanol–water partition coefficient (Wildman–Crippen LogP) is 3.94. The highest BCUT2D eigenvalue weighted by Crippen LogP contribution is 2.31. The maximum atomic E-state index is 4.93. The van der Waals surface area contributed by atoms with Gasteiger partial charge in [-0.2, -0.15) is 5.10 Å². The Hall–Kier alpha value is -3.84. The molecule has 4 aromatic heterocycles. The summed E-state index contributed by atoms with van der Waals surface area (Å²) in [6.45, 7) is 1.86. The lowest BCUT2D eigenvalue weighted by atomic mass is 10.1. The number of hydrogen-bond donors (Lipinski definition) is 3. The zero-order valence-corrected chi connectivity index (χ0v) is 16.2. The second kappa shape index (κ2) is 6.89. The SMILES string of the molecule is C1=C(c2ccc3[nH]nc(-c4nc5c(-c6ccncc6)cccc5[nH]4)c3n2)CCNC1. The fourth-order valence-electron chi connectivity index (χ4n) is 4.01. The lowest BCUT2D eigenvalue weighted by Crippen LogP contribution is -2.20. The molecule has 3 N–H and O–H groups in total. The summed E-state index contributed by atoms with van der Waals surface area (Å²) < 4.78 is 0. The van der Waals surface area contributed by atoms with Crippen LogP contribution < -0.4 is 5.32 Å². The van der Waals surface area contributed by atoms with Gasteiger partial charge in [-0.3, -0.25) is 10.1 Å². The first kappa shape index (κ1) is 17.1. The van der Waals surface area contributed by atoms with Crippen LogP contribution in [0.15, 0.2) is 60.9 Å². The number of hydrogen-bond acceptors (Lipinski definition) is 5. The van der Waals surface area contributed by atoms with Crippen molar-refractivity contribution in [1.82, 2.24) is 35.5 Å². The molecule has 5 aromatic rings. The molecule has 1 aliphatic rings. The van der Waals surface area contributed by atoms with Crippen molar-refractivity contribution < 1.29 is 0 Å². The van der Waals surface area contributed by atoms with E-state index in [0.717, 1.165) is 64.1 Å². The summed E-state index contributed by atoms with van der Waals surface area (Å²) >= 11 is 0. The van der Waals surface area contributed by atoms with E-state index in [1.165, 1.54) is 5.57 Å². The fourth-order valence-corrected chi connectivity index (χ4v) is 4.01. The molecule has 0 amide bonds. The Kier molecular flexibility index (Phi) is 3.92. The molecule has 146 valence electrons. The summed E-state index contributed by atoms with van der Waals surface area (Å²) in [6.07, 6.45) is 6.78. The van der Waals surface area contributed by atoms with Crippen LogP contribution in [-0.4, -0.2) is 43.2 Å². The number of para-hydroxylation sites is 1. The Morgan fingerprint density at radius 3 is 2.67 bits per heavy atom. The van der Waals surface area contributed by atoms with Gasteiger partial charge in [-0.25, -0.2) is 9.97 Å². The van der Waals surface area contributed by atoms with Crippen molar-refractivity contribution in [2.75, 3.05) is 13.1 Å². The van der Waals surface area contributed by atoms with E-state index in [0.29, 0.717) is 5.82 Å². The molecule has 6 rings (SSSR count). The Balaban J connectivity index is 1.50. The number of pyridine rings is 2. The van der Waals surface area contributed by atoms with Gasteiger partial charge >= 0.3 is 0 Å². The second-order valence-electron chi connectivity index (χ2n) is 7.37. The first-order valence-electron chi connectivity index (χ1n) is 10.0. The molecule has 30 heavy (non-hydrogen) atoms. The van der Waals surface area contributed by atoms with Gasteiger partial charge in [-0.05, 0) is 54.4 Å². The number of imidazole rings is 1. The summed E-state index contributed by atoms with van der Waals surface area (Å²) in [5, 5.41) is 11.0. The van der Waals surface area contributed by atoms with Crippen LogP contribution in [0.3, 0.4) is 0 Å². The van der Waals surface area contributed by atoms with Crippen LogP contribution in [0.2, 0.25) is 0 Å². The molecule has 7 heteroatoms. The van der Waals surface area contributed by atoms with E-state index in [9.17, 15) is 0 Å². The van der Waals surface area contributed by atoms with Gasteiger partial charge in [-0.15, -0.1) is 0 Å². The van der Waals surface area contributed by atoms with Gasteiger partial charge in [0.1, 0.15) is 5.52 Å². The van der Waals surface area contributed by atoms with Crippen LogP contribution in [0.1, 0.15) is 12.1 Å². The maximum absolute atomic E-state index is 4.93. The molecule has 0 bridgehead atoms. The number of aromatic amines is 2. The minimum Gasteiger partial charge on any atom is -0.336 e. The average molecular weight is 393 g/mol. The number of H-pyrrole nitrogens is 2. The molecule has 0 atom stereocenters. The summed E-state index contributed by atoms with van der Waals surface area (Å²) in [7, 11) is 0. The summed E-state index contributed by atoms with van der Waals surface area (Å²) in [4.78, 5) is 17.4. The quantitative estimate of drug-likeness (QED) is 0.432. The number of nitrogens with one attached hydrogen (secondary N) is 3. The second-order valence-corrected chi connectivity index (χ2v) is 7.37. The van der Waals surface area contributed by atoms with Gasteiger partial charge in [-0.1, -0.05) is 18.2 Å². The van der Waals surface area contributed by atoms with E-state index in [4.69, 9.17) is 9.97 Å². The molecule has 1 aromatic carbocycles. The minimum atomic E-state index is 0.710. The van der Waals surface area contributed by atoms with Crippen LogP contribution >= 0.6 is 0 Å². The Morgan fingerprint density at radius 1 is 0.867 bits per heavy atom. The minimum absolute atomic E-state index is 0.710. The lowest BCUT2D eigenvalue weighted by molar-refractivity contribution is 0.737. The number of rotatable bonds is 3. The fraction of sp³-hybridized carbons (Fsp3) is 0.130. The molecular formula is C23H19N7. The molecule has 5 heterocycles. The third-order valence-corrected chi connectivity index (χ3v) is 5.53. The van der Waals surface area contributed by atoms with E-state index in [1.807, 2.05) is 30.3 Å². The van der Waals surface area contributed by atoms with Crippen LogP contribution in [-0.2, 0) is 0 Å². The Morgan fingerprint density at radius 2 is 1.80 bits per heavy atom. The van der Waals surface area contributed by atoms with Crippen LogP contribution in [0, 0.1) is 0 Å². The molecule has 0 aliphatic carbocycles. The van der Waals surface area contributed by atoms with E-state index >= 15 is 0 Å². The third-order valence-electron chi connectivity index (χ3n) is 5.53. The van der Waals surface area contributed by atoms with Gasteiger partial charge in [0.15, 0.2) is 11.5 Å². The van der Waals surface area contributed by atoms with Crippen molar-refractivity contribution in [3.8, 4) is 22.6 Å². The normalized spacial score (nSPS) is 14.3. The Bertz CT molecular complexity index is 1400. The zero-order valence-electron chi connectivity index (χ0n) is 16.2. The van der Waals surface area contributed by atoms with Gasteiger partial charge < -0.3 is 10.3 Å². The third kappa shape index (κ3) is 2.79. The standard InChI is InChI=1S/C23H19N7/c1-2-16(14-6-10-24-11-7-14)20-18(3-1)27-23(28-20)22-21-19(29-30-22)5-4-17(26-21)15-8-12-25-13-9-15/h1-8,10-11,25H,9,12-13H2,(H,27,28)(H,29,30). The van der Waals surface area contributed by atoms with Gasteiger partial charge in [0, 0.05) is 24.5 Å². The number of fused-ring (bicyclic) bond motifs is 2. The molecule has 0 saturated carbocycles. The summed E-state index contributed by atoms with van der Waals surface area (Å²) in [6, 6.07) is 14.2. The zero-order chi connectivity index (χ0) is 19.9. The monoisotopic (exact) mass is 393 g/mol. The summed E-state index contributed by atoms with van der Waals surface area (Å²) in [5.74, 6) is 0.710. The molecule has 0 unspecified atom stereocenters. The van der Waals surface area contributed by atoms with Crippen molar-refractivity contribution in [3.05, 3.63) is 66.6 Å². The number of nitrogens with zero attached hydrogens (tertiary/aromatic N) is 4. The highest BCUT2D eigenvalue weighted by molar-refractivity contribution is 5.96. The van der Waals surface area contributed by atoms with Crippen molar-refractivity contribution >= 4 is 27.6 Å². The van der Waals surface area contributed by atoms with Crippen LogP contribution in [0.25, 0.3) is 50.3 Å². The average Bonchev–Trinajstić information content (AvgIpc) is 3.43. The molecule has 0 fully saturated rings. The van der Waals surface area contributed by atoms with E-state index < -0.39 is 0 Å². The highest BCUT2D eigenvalue weighted by atomic mass is 15.1. The van der Waals surface area contributed by atoms with E-state index in [2.05, 4.69) is 43.7 Å². The van der Waals surface area contributed by atoms with Crippen LogP contribution in [0.5, 0.6) is 0 Å². The maximum Gasteiger partial charge on any atom is 0.161 e. The van der Waals surface area contributed by atoms with E-state index in [1.54, 1.807) is 12.4 Å². The molecular weight excluding hydrogens is 374 g/mol. The number of aromatic nitrogens is 6. The first-order valence-corrected chi connectivity index (χ1v) is 10.0. The van der Waals surface area contributed by atoms with Gasteiger partial charge in [0.25, 0.3) is 0 Å². The van der Waals surface area contributed by atoms with Crippen molar-refractivity contribution in [1.29, 1.82) is 0 Å². The van der Waals surface area contributed by atoms with Crippen molar-refractivity contribution in [3.63, 3.8) is 0 Å². The molecule has 0 radical (unpaired) electrons. The molecule has 7 nitrogen and oxygen atoms in total. The smallest absolute Gasteiger partial charge is 0.161 e. The van der Waals surface area contributed by atoms with Crippen LogP contribution in [0.4, 0.5) is 0 Å². The molecule has 0 spiro atoms. The van der Waals surface area contributed by atoms with Crippen molar-refractivity contribution in [2.45, 2.75) is 6.42 Å². The predicted molar refractivity (Wildman–Crippen MR) is 118 cm³/mol. The Labute approximate surface area is 172 Å². The van der Waals surface area contributed by atoms with Gasteiger partial charge in [0.2, 0.25) is 0 Å². The highest BCUT2D eigenvalue weighted by Gasteiger charge is 2.17. The number of benzene rings is 1.